The van der Waals surface area contributed by atoms with Gasteiger partial charge in [-0.25, -0.2) is 17.6 Å². The van der Waals surface area contributed by atoms with Gasteiger partial charge >= 0.3 is 17.9 Å². The molecule has 0 radical (unpaired) electrons. The molecule has 0 N–H and O–H groups in total. The minimum Gasteiger partial charge on any atom is -0.241 e. The Balaban J connectivity index is 2.71. The van der Waals surface area contributed by atoms with Crippen LogP contribution < -0.4 is 0 Å². The summed E-state index contributed by atoms with van der Waals surface area (Å²) in [7, 11) is 0. The number of aryl methyl sites for hydroxylation is 1. The van der Waals surface area contributed by atoms with E-state index in [9.17, 15) is 43.9 Å². The van der Waals surface area contributed by atoms with Crippen LogP contribution in [-0.4, -0.2) is 23.9 Å². The molecule has 0 bridgehead atoms. The topological polar surface area (TPSA) is 0 Å². The molecule has 0 nitrogen and oxygen atoms in total. The monoisotopic (exact) mass is 436 g/mol. The minimum absolute atomic E-state index is 0.0237. The highest BCUT2D eigenvalue weighted by molar-refractivity contribution is 5.47. The summed E-state index contributed by atoms with van der Waals surface area (Å²) in [6, 6.07) is 6.38. The van der Waals surface area contributed by atoms with E-state index < -0.39 is 61.5 Å². The molecule has 0 aromatic heterocycles. The summed E-state index contributed by atoms with van der Waals surface area (Å²) in [6.45, 7) is 3.52. The number of halogens is 10. The fourth-order valence-electron chi connectivity index (χ4n) is 2.43. The first kappa shape index (κ1) is 25.0. The third-order valence-electron chi connectivity index (χ3n) is 4.20. The quantitative estimate of drug-likeness (QED) is 0.311. The second kappa shape index (κ2) is 9.67. The Morgan fingerprint density at radius 2 is 1.48 bits per heavy atom. The van der Waals surface area contributed by atoms with Crippen molar-refractivity contribution in [2.24, 2.45) is 0 Å². The van der Waals surface area contributed by atoms with Crippen molar-refractivity contribution in [1.82, 2.24) is 0 Å². The molecule has 1 unspecified atom stereocenters. The van der Waals surface area contributed by atoms with Crippen LogP contribution in [0.15, 0.2) is 42.8 Å². The van der Waals surface area contributed by atoms with Crippen molar-refractivity contribution in [3.63, 3.8) is 0 Å². The van der Waals surface area contributed by atoms with Crippen LogP contribution in [0.25, 0.3) is 6.08 Å². The van der Waals surface area contributed by atoms with Gasteiger partial charge < -0.3 is 0 Å². The molecule has 0 aliphatic heterocycles. The van der Waals surface area contributed by atoms with Crippen molar-refractivity contribution in [2.75, 3.05) is 0 Å². The van der Waals surface area contributed by atoms with E-state index >= 15 is 0 Å². The lowest BCUT2D eigenvalue weighted by molar-refractivity contribution is -0.233. The zero-order chi connectivity index (χ0) is 22.5. The molecule has 1 rings (SSSR count). The summed E-state index contributed by atoms with van der Waals surface area (Å²) >= 11 is 0. The lowest BCUT2D eigenvalue weighted by Crippen LogP contribution is -2.46. The van der Waals surface area contributed by atoms with Crippen molar-refractivity contribution >= 4 is 6.08 Å². The molecular formula is C19H18F10. The second-order valence-corrected chi connectivity index (χ2v) is 6.48. The average molecular weight is 436 g/mol. The lowest BCUT2D eigenvalue weighted by atomic mass is 9.95. The SMILES string of the molecule is C=Cc1ccc(CCCC(F)(F)C(F)(F)CC(F)C(F)(F)CC(F)=C(F)F)cc1. The average Bonchev–Trinajstić information content (AvgIpc) is 2.61. The summed E-state index contributed by atoms with van der Waals surface area (Å²) in [5.74, 6) is -17.7. The van der Waals surface area contributed by atoms with E-state index in [2.05, 4.69) is 6.58 Å². The first-order valence-corrected chi connectivity index (χ1v) is 8.40. The van der Waals surface area contributed by atoms with E-state index in [1.54, 1.807) is 24.3 Å². The first-order valence-electron chi connectivity index (χ1n) is 8.40. The van der Waals surface area contributed by atoms with Crippen LogP contribution in [-0.2, 0) is 6.42 Å². The number of benzene rings is 1. The predicted molar refractivity (Wildman–Crippen MR) is 88.8 cm³/mol. The molecule has 29 heavy (non-hydrogen) atoms. The molecule has 0 heterocycles. The zero-order valence-corrected chi connectivity index (χ0v) is 15.0. The highest BCUT2D eigenvalue weighted by atomic mass is 19.3. The summed E-state index contributed by atoms with van der Waals surface area (Å²) in [4.78, 5) is 0. The van der Waals surface area contributed by atoms with Crippen LogP contribution in [0.1, 0.15) is 36.8 Å². The molecule has 0 spiro atoms. The van der Waals surface area contributed by atoms with Crippen LogP contribution in [0.5, 0.6) is 0 Å². The number of rotatable bonds is 11. The normalized spacial score (nSPS) is 13.9. The number of hydrogen-bond acceptors (Lipinski definition) is 0. The minimum atomic E-state index is -5.18. The fraction of sp³-hybridized carbons (Fsp3) is 0.474. The van der Waals surface area contributed by atoms with Gasteiger partial charge in [-0.15, -0.1) is 0 Å². The third kappa shape index (κ3) is 7.08. The molecule has 0 aliphatic rings. The van der Waals surface area contributed by atoms with Crippen molar-refractivity contribution in [3.8, 4) is 0 Å². The maximum atomic E-state index is 13.8. The van der Waals surface area contributed by atoms with Crippen LogP contribution in [0.3, 0.4) is 0 Å². The Morgan fingerprint density at radius 3 is 1.97 bits per heavy atom. The molecule has 0 amide bonds. The highest BCUT2D eigenvalue weighted by Crippen LogP contribution is 2.45. The summed E-state index contributed by atoms with van der Waals surface area (Å²) in [5, 5.41) is 0. The first-order chi connectivity index (χ1) is 13.2. The van der Waals surface area contributed by atoms with E-state index in [-0.39, 0.29) is 6.42 Å². The van der Waals surface area contributed by atoms with Gasteiger partial charge in [-0.1, -0.05) is 36.9 Å². The molecule has 0 fully saturated rings. The van der Waals surface area contributed by atoms with Crippen molar-refractivity contribution in [1.29, 1.82) is 0 Å². The van der Waals surface area contributed by atoms with Crippen LogP contribution in [0.2, 0.25) is 0 Å². The van der Waals surface area contributed by atoms with Gasteiger partial charge in [-0.2, -0.15) is 26.3 Å². The van der Waals surface area contributed by atoms with Crippen molar-refractivity contribution < 1.29 is 43.9 Å². The molecule has 1 atom stereocenters. The van der Waals surface area contributed by atoms with E-state index in [4.69, 9.17) is 0 Å². The van der Waals surface area contributed by atoms with Crippen LogP contribution in [0.4, 0.5) is 43.9 Å². The van der Waals surface area contributed by atoms with Gasteiger partial charge in [0.2, 0.25) is 0 Å². The molecule has 0 saturated heterocycles. The Kier molecular flexibility index (Phi) is 8.35. The van der Waals surface area contributed by atoms with Gasteiger partial charge in [0.25, 0.3) is 5.92 Å². The summed E-state index contributed by atoms with van der Waals surface area (Å²) in [5.41, 5.74) is 1.31. The fourth-order valence-corrected chi connectivity index (χ4v) is 2.43. The van der Waals surface area contributed by atoms with Crippen LogP contribution in [0, 0.1) is 0 Å². The Bertz CT molecular complexity index is 702. The highest BCUT2D eigenvalue weighted by Gasteiger charge is 2.59. The van der Waals surface area contributed by atoms with E-state index in [1.165, 1.54) is 6.08 Å². The van der Waals surface area contributed by atoms with Gasteiger partial charge in [0.15, 0.2) is 12.0 Å². The molecule has 1 aromatic rings. The van der Waals surface area contributed by atoms with Gasteiger partial charge in [0.1, 0.15) is 0 Å². The maximum absolute atomic E-state index is 13.8. The molecular weight excluding hydrogens is 418 g/mol. The van der Waals surface area contributed by atoms with Crippen molar-refractivity contribution in [3.05, 3.63) is 53.9 Å². The lowest BCUT2D eigenvalue weighted by Gasteiger charge is -2.30. The standard InChI is InChI=1S/C19H18F10/c1-2-12-5-7-13(8-6-12)4-3-9-18(26,27)19(28,29)11-15(21)17(24,25)10-14(20)16(22)23/h2,5-8,15H,1,3-4,9-11H2. The number of allylic oxidation sites excluding steroid dienone is 1. The third-order valence-corrected chi connectivity index (χ3v) is 4.20. The van der Waals surface area contributed by atoms with E-state index in [0.717, 1.165) is 5.56 Å². The largest absolute Gasteiger partial charge is 0.313 e. The van der Waals surface area contributed by atoms with Crippen LogP contribution >= 0.6 is 0 Å². The Morgan fingerprint density at radius 1 is 0.931 bits per heavy atom. The molecule has 0 aliphatic carbocycles. The molecule has 10 heteroatoms. The number of alkyl halides is 7. The van der Waals surface area contributed by atoms with Gasteiger partial charge in [-0.3, -0.25) is 0 Å². The maximum Gasteiger partial charge on any atom is 0.313 e. The predicted octanol–water partition coefficient (Wildman–Crippen LogP) is 7.75. The molecule has 164 valence electrons. The molecule has 1 aromatic carbocycles. The smallest absolute Gasteiger partial charge is 0.241 e. The number of hydrogen-bond donors (Lipinski definition) is 0. The second-order valence-electron chi connectivity index (χ2n) is 6.48. The van der Waals surface area contributed by atoms with E-state index in [1.807, 2.05) is 0 Å². The Hall–Kier alpha value is -2.00. The molecule has 0 saturated carbocycles. The van der Waals surface area contributed by atoms with Gasteiger partial charge in [0.05, 0.1) is 12.8 Å². The van der Waals surface area contributed by atoms with E-state index in [0.29, 0.717) is 5.56 Å². The van der Waals surface area contributed by atoms with Crippen molar-refractivity contribution in [2.45, 2.75) is 56.0 Å². The summed E-state index contributed by atoms with van der Waals surface area (Å²) < 4.78 is 131. The summed E-state index contributed by atoms with van der Waals surface area (Å²) in [6.07, 6.45) is -12.6. The Labute approximate surface area is 160 Å². The van der Waals surface area contributed by atoms with Gasteiger partial charge in [0, 0.05) is 6.42 Å². The van der Waals surface area contributed by atoms with Gasteiger partial charge in [-0.05, 0) is 24.0 Å². The zero-order valence-electron chi connectivity index (χ0n) is 15.0.